The van der Waals surface area contributed by atoms with Crippen LogP contribution in [0.5, 0.6) is 0 Å². The van der Waals surface area contributed by atoms with Crippen molar-refractivity contribution in [2.45, 2.75) is 38.8 Å². The monoisotopic (exact) mass is 352 g/mol. The summed E-state index contributed by atoms with van der Waals surface area (Å²) in [7, 11) is 0. The van der Waals surface area contributed by atoms with Crippen molar-refractivity contribution in [3.63, 3.8) is 0 Å². The highest BCUT2D eigenvalue weighted by molar-refractivity contribution is 6.33. The van der Waals surface area contributed by atoms with Crippen LogP contribution in [-0.4, -0.2) is 36.5 Å². The van der Waals surface area contributed by atoms with E-state index in [1.165, 1.54) is 6.07 Å². The molecule has 0 saturated carbocycles. The van der Waals surface area contributed by atoms with E-state index >= 15 is 0 Å². The van der Waals surface area contributed by atoms with Gasteiger partial charge in [-0.3, -0.25) is 9.59 Å². The maximum Gasteiger partial charge on any atom is 0.319 e. The molecule has 1 aliphatic heterocycles. The average Bonchev–Trinajstić information content (AvgIpc) is 2.51. The minimum absolute atomic E-state index is 0.00213. The van der Waals surface area contributed by atoms with Crippen LogP contribution in [0.1, 0.15) is 37.0 Å². The maximum atomic E-state index is 12.1. The van der Waals surface area contributed by atoms with Crippen LogP contribution in [0.4, 0.5) is 10.5 Å². The fourth-order valence-corrected chi connectivity index (χ4v) is 2.50. The first-order valence-corrected chi connectivity index (χ1v) is 8.20. The fraction of sp³-hybridized carbons (Fsp3) is 0.438. The van der Waals surface area contributed by atoms with Gasteiger partial charge in [0, 0.05) is 18.2 Å². The van der Waals surface area contributed by atoms with Gasteiger partial charge in [-0.25, -0.2) is 4.79 Å². The summed E-state index contributed by atoms with van der Waals surface area (Å²) in [5.74, 6) is -0.454. The highest BCUT2D eigenvalue weighted by atomic mass is 35.5. The number of carbonyl (C=O) groups is 3. The summed E-state index contributed by atoms with van der Waals surface area (Å²) in [6.07, 6.45) is 1.39. The molecule has 8 heteroatoms. The molecule has 0 unspecified atom stereocenters. The Bertz CT molecular complexity index is 648. The van der Waals surface area contributed by atoms with Gasteiger partial charge in [0.1, 0.15) is 6.04 Å². The summed E-state index contributed by atoms with van der Waals surface area (Å²) in [5.41, 5.74) is 0.695. The lowest BCUT2D eigenvalue weighted by Gasteiger charge is -2.23. The topological polar surface area (TPSA) is 99.3 Å². The molecule has 1 heterocycles. The van der Waals surface area contributed by atoms with Crippen LogP contribution >= 0.6 is 11.6 Å². The minimum atomic E-state index is -0.565. The first kappa shape index (κ1) is 18.1. The van der Waals surface area contributed by atoms with Gasteiger partial charge in [-0.2, -0.15) is 0 Å². The van der Waals surface area contributed by atoms with E-state index in [-0.39, 0.29) is 17.9 Å². The molecule has 24 heavy (non-hydrogen) atoms. The van der Waals surface area contributed by atoms with E-state index in [1.54, 1.807) is 12.1 Å². The molecule has 4 N–H and O–H groups in total. The van der Waals surface area contributed by atoms with Crippen LogP contribution in [0.25, 0.3) is 0 Å². The van der Waals surface area contributed by atoms with Gasteiger partial charge in [0.2, 0.25) is 5.91 Å². The Hall–Kier alpha value is -2.28. The van der Waals surface area contributed by atoms with Crippen molar-refractivity contribution in [1.82, 2.24) is 16.0 Å². The van der Waals surface area contributed by atoms with Crippen molar-refractivity contribution in [2.24, 2.45) is 0 Å². The summed E-state index contributed by atoms with van der Waals surface area (Å²) >= 11 is 6.07. The Morgan fingerprint density at radius 2 is 2.08 bits per heavy atom. The molecule has 0 spiro atoms. The molecule has 0 aliphatic carbocycles. The second-order valence-corrected chi connectivity index (χ2v) is 6.31. The zero-order valence-corrected chi connectivity index (χ0v) is 14.4. The summed E-state index contributed by atoms with van der Waals surface area (Å²) in [5, 5.41) is 11.0. The number of anilines is 1. The SMILES string of the molecule is CC(C)NC(=O)c1ccc(Cl)c(NC(=O)N[C@@H]2CCCNC2=O)c1. The number of carbonyl (C=O) groups excluding carboxylic acids is 3. The Balaban J connectivity index is 2.04. The van der Waals surface area contributed by atoms with E-state index < -0.39 is 12.1 Å². The molecule has 1 fully saturated rings. The van der Waals surface area contributed by atoms with Crippen LogP contribution < -0.4 is 21.3 Å². The van der Waals surface area contributed by atoms with Crippen molar-refractivity contribution in [3.8, 4) is 0 Å². The molecule has 1 saturated heterocycles. The van der Waals surface area contributed by atoms with Crippen LogP contribution in [0.15, 0.2) is 18.2 Å². The first-order chi connectivity index (χ1) is 11.4. The highest BCUT2D eigenvalue weighted by Gasteiger charge is 2.23. The van der Waals surface area contributed by atoms with Crippen molar-refractivity contribution in [3.05, 3.63) is 28.8 Å². The predicted octanol–water partition coefficient (Wildman–Crippen LogP) is 1.88. The molecule has 130 valence electrons. The third-order valence-corrected chi connectivity index (χ3v) is 3.82. The number of urea groups is 1. The highest BCUT2D eigenvalue weighted by Crippen LogP contribution is 2.23. The summed E-state index contributed by atoms with van der Waals surface area (Å²) < 4.78 is 0. The van der Waals surface area contributed by atoms with Crippen LogP contribution in [-0.2, 0) is 4.79 Å². The van der Waals surface area contributed by atoms with Crippen LogP contribution in [0.3, 0.4) is 0 Å². The fourth-order valence-electron chi connectivity index (χ4n) is 2.33. The third-order valence-electron chi connectivity index (χ3n) is 3.49. The standard InChI is InChI=1S/C16H21ClN4O3/c1-9(2)19-14(22)10-5-6-11(17)13(8-10)21-16(24)20-12-4-3-7-18-15(12)23/h5-6,8-9,12H,3-4,7H2,1-2H3,(H,18,23)(H,19,22)(H2,20,21,24)/t12-/m1/s1. The number of piperidine rings is 1. The number of hydrogen-bond acceptors (Lipinski definition) is 3. The van der Waals surface area contributed by atoms with Crippen molar-refractivity contribution < 1.29 is 14.4 Å². The van der Waals surface area contributed by atoms with Gasteiger partial charge in [0.15, 0.2) is 0 Å². The van der Waals surface area contributed by atoms with Gasteiger partial charge in [0.05, 0.1) is 10.7 Å². The van der Waals surface area contributed by atoms with E-state index in [0.717, 1.165) is 6.42 Å². The van der Waals surface area contributed by atoms with Gasteiger partial charge < -0.3 is 21.3 Å². The maximum absolute atomic E-state index is 12.1. The second-order valence-electron chi connectivity index (χ2n) is 5.91. The van der Waals surface area contributed by atoms with Gasteiger partial charge in [-0.05, 0) is 44.9 Å². The normalized spacial score (nSPS) is 17.2. The summed E-state index contributed by atoms with van der Waals surface area (Å²) in [4.78, 5) is 35.8. The van der Waals surface area contributed by atoms with Crippen LogP contribution in [0, 0.1) is 0 Å². The minimum Gasteiger partial charge on any atom is -0.354 e. The van der Waals surface area contributed by atoms with Crippen molar-refractivity contribution in [2.75, 3.05) is 11.9 Å². The van der Waals surface area contributed by atoms with E-state index in [0.29, 0.717) is 29.2 Å². The zero-order valence-electron chi connectivity index (χ0n) is 13.6. The first-order valence-electron chi connectivity index (χ1n) is 7.82. The summed E-state index contributed by atoms with van der Waals surface area (Å²) in [6, 6.07) is 3.51. The molecule has 1 aromatic rings. The molecule has 4 amide bonds. The van der Waals surface area contributed by atoms with Gasteiger partial charge in [0.25, 0.3) is 5.91 Å². The molecule has 0 radical (unpaired) electrons. The number of rotatable bonds is 4. The molecule has 7 nitrogen and oxygen atoms in total. The Kier molecular flexibility index (Phi) is 6.03. The van der Waals surface area contributed by atoms with Crippen molar-refractivity contribution >= 4 is 35.1 Å². The molecule has 1 atom stereocenters. The molecule has 0 aromatic heterocycles. The Morgan fingerprint density at radius 3 is 2.75 bits per heavy atom. The van der Waals surface area contributed by atoms with E-state index in [4.69, 9.17) is 11.6 Å². The number of amides is 4. The smallest absolute Gasteiger partial charge is 0.319 e. The molecule has 2 rings (SSSR count). The molecule has 1 aromatic carbocycles. The summed E-state index contributed by atoms with van der Waals surface area (Å²) in [6.45, 7) is 4.34. The molecular formula is C16H21ClN4O3. The van der Waals surface area contributed by atoms with E-state index in [2.05, 4.69) is 21.3 Å². The second kappa shape index (κ2) is 8.01. The lowest BCUT2D eigenvalue weighted by molar-refractivity contribution is -0.124. The predicted molar refractivity (Wildman–Crippen MR) is 92.2 cm³/mol. The number of benzene rings is 1. The quantitative estimate of drug-likeness (QED) is 0.665. The number of halogens is 1. The molecular weight excluding hydrogens is 332 g/mol. The third kappa shape index (κ3) is 4.86. The Morgan fingerprint density at radius 1 is 1.33 bits per heavy atom. The van der Waals surface area contributed by atoms with E-state index in [1.807, 2.05) is 13.8 Å². The molecule has 0 bridgehead atoms. The number of hydrogen-bond donors (Lipinski definition) is 4. The van der Waals surface area contributed by atoms with Crippen molar-refractivity contribution in [1.29, 1.82) is 0 Å². The lowest BCUT2D eigenvalue weighted by atomic mass is 10.1. The van der Waals surface area contributed by atoms with Gasteiger partial charge >= 0.3 is 6.03 Å². The largest absolute Gasteiger partial charge is 0.354 e. The lowest BCUT2D eigenvalue weighted by Crippen LogP contribution is -2.51. The Labute approximate surface area is 145 Å². The van der Waals surface area contributed by atoms with Gasteiger partial charge in [-0.15, -0.1) is 0 Å². The van der Waals surface area contributed by atoms with E-state index in [9.17, 15) is 14.4 Å². The number of nitrogens with one attached hydrogen (secondary N) is 4. The average molecular weight is 353 g/mol. The zero-order chi connectivity index (χ0) is 17.7. The molecule has 1 aliphatic rings. The van der Waals surface area contributed by atoms with Crippen LogP contribution in [0.2, 0.25) is 5.02 Å². The van der Waals surface area contributed by atoms with Gasteiger partial charge in [-0.1, -0.05) is 11.6 Å².